The van der Waals surface area contributed by atoms with Gasteiger partial charge in [0, 0.05) is 24.9 Å². The second-order valence-electron chi connectivity index (χ2n) is 5.16. The number of anilines is 1. The third-order valence-electron chi connectivity index (χ3n) is 3.74. The number of aliphatic hydroxyl groups excluding tert-OH is 1. The minimum atomic E-state index is 0.0702. The van der Waals surface area contributed by atoms with Crippen LogP contribution in [0.25, 0.3) is 0 Å². The molecule has 0 aromatic carbocycles. The van der Waals surface area contributed by atoms with Gasteiger partial charge in [0.15, 0.2) is 5.84 Å². The van der Waals surface area contributed by atoms with Gasteiger partial charge in [-0.3, -0.25) is 0 Å². The molecule has 0 saturated heterocycles. The van der Waals surface area contributed by atoms with Crippen LogP contribution < -0.4 is 10.6 Å². The number of amidine groups is 1. The normalized spacial score (nSPS) is 16.0. The average molecular weight is 278 g/mol. The minimum absolute atomic E-state index is 0.0702. The molecule has 1 heterocycles. The first-order valence-electron chi connectivity index (χ1n) is 7.00. The topological polar surface area (TPSA) is 95.0 Å². The Morgan fingerprint density at radius 2 is 2.25 bits per heavy atom. The molecule has 6 nitrogen and oxygen atoms in total. The molecular weight excluding hydrogens is 256 g/mol. The molecule has 0 radical (unpaired) electrons. The van der Waals surface area contributed by atoms with Crippen molar-refractivity contribution in [3.8, 4) is 0 Å². The van der Waals surface area contributed by atoms with Crippen LogP contribution in [0.2, 0.25) is 0 Å². The van der Waals surface area contributed by atoms with Crippen molar-refractivity contribution in [2.75, 3.05) is 18.1 Å². The molecule has 2 rings (SSSR count). The molecule has 0 aliphatic heterocycles. The monoisotopic (exact) mass is 278 g/mol. The van der Waals surface area contributed by atoms with Crippen LogP contribution in [0.5, 0.6) is 0 Å². The number of hydrogen-bond acceptors (Lipinski definition) is 5. The lowest BCUT2D eigenvalue weighted by molar-refractivity contribution is 0.282. The van der Waals surface area contributed by atoms with Gasteiger partial charge >= 0.3 is 0 Å². The molecule has 1 saturated carbocycles. The van der Waals surface area contributed by atoms with Gasteiger partial charge in [0.1, 0.15) is 5.82 Å². The van der Waals surface area contributed by atoms with E-state index in [9.17, 15) is 0 Å². The van der Waals surface area contributed by atoms with Gasteiger partial charge in [-0.1, -0.05) is 5.16 Å². The Morgan fingerprint density at radius 3 is 2.80 bits per heavy atom. The average Bonchev–Trinajstić information content (AvgIpc) is 2.40. The number of pyridine rings is 1. The van der Waals surface area contributed by atoms with Crippen LogP contribution in [-0.2, 0) is 0 Å². The van der Waals surface area contributed by atoms with Crippen LogP contribution in [0.3, 0.4) is 0 Å². The predicted octanol–water partition coefficient (Wildman–Crippen LogP) is 1.23. The largest absolute Gasteiger partial charge is 0.409 e. The molecule has 1 aromatic rings. The van der Waals surface area contributed by atoms with Crippen LogP contribution in [0.15, 0.2) is 17.3 Å². The van der Waals surface area contributed by atoms with E-state index in [4.69, 9.17) is 16.0 Å². The molecule has 1 aliphatic carbocycles. The van der Waals surface area contributed by atoms with Crippen LogP contribution >= 0.6 is 0 Å². The summed E-state index contributed by atoms with van der Waals surface area (Å²) in [5.41, 5.74) is 7.29. The van der Waals surface area contributed by atoms with E-state index < -0.39 is 0 Å². The Labute approximate surface area is 118 Å². The Bertz CT molecular complexity index is 486. The quantitative estimate of drug-likeness (QED) is 0.315. The van der Waals surface area contributed by atoms with Crippen LogP contribution in [0.1, 0.15) is 36.9 Å². The van der Waals surface area contributed by atoms with Crippen LogP contribution in [-0.4, -0.2) is 40.3 Å². The first-order valence-corrected chi connectivity index (χ1v) is 7.00. The highest BCUT2D eigenvalue weighted by molar-refractivity contribution is 6.01. The lowest BCUT2D eigenvalue weighted by Crippen LogP contribution is -2.42. The van der Waals surface area contributed by atoms with Gasteiger partial charge in [-0.15, -0.1) is 0 Å². The van der Waals surface area contributed by atoms with E-state index in [1.165, 1.54) is 6.42 Å². The number of nitrogens with two attached hydrogens (primary N) is 1. The smallest absolute Gasteiger partial charge is 0.173 e. The van der Waals surface area contributed by atoms with E-state index in [0.29, 0.717) is 18.0 Å². The summed E-state index contributed by atoms with van der Waals surface area (Å²) in [5.74, 6) is 0.819. The van der Waals surface area contributed by atoms with Crippen molar-refractivity contribution < 1.29 is 10.3 Å². The van der Waals surface area contributed by atoms with E-state index in [1.807, 2.05) is 19.1 Å². The zero-order chi connectivity index (χ0) is 14.5. The first-order chi connectivity index (χ1) is 9.67. The fourth-order valence-electron chi connectivity index (χ4n) is 2.42. The van der Waals surface area contributed by atoms with E-state index in [2.05, 4.69) is 15.0 Å². The van der Waals surface area contributed by atoms with Gasteiger partial charge < -0.3 is 20.9 Å². The SMILES string of the molecule is Cc1ccc(/C(N)=N/O)c(N(CCCO)C2CCC2)n1. The number of hydrogen-bond donors (Lipinski definition) is 3. The number of rotatable bonds is 6. The second kappa shape index (κ2) is 6.56. The fourth-order valence-corrected chi connectivity index (χ4v) is 2.42. The third kappa shape index (κ3) is 3.01. The number of nitrogens with zero attached hydrogens (tertiary/aromatic N) is 3. The molecular formula is C14H22N4O2. The summed E-state index contributed by atoms with van der Waals surface area (Å²) in [4.78, 5) is 6.75. The number of aromatic nitrogens is 1. The zero-order valence-corrected chi connectivity index (χ0v) is 11.8. The van der Waals surface area contributed by atoms with Gasteiger partial charge in [-0.05, 0) is 44.7 Å². The van der Waals surface area contributed by atoms with Crippen molar-refractivity contribution in [1.82, 2.24) is 4.98 Å². The number of oxime groups is 1. The lowest BCUT2D eigenvalue weighted by atomic mass is 9.91. The van der Waals surface area contributed by atoms with Crippen molar-refractivity contribution in [1.29, 1.82) is 0 Å². The summed E-state index contributed by atoms with van der Waals surface area (Å²) in [6.07, 6.45) is 4.14. The van der Waals surface area contributed by atoms with Crippen molar-refractivity contribution in [3.63, 3.8) is 0 Å². The summed E-state index contributed by atoms with van der Waals surface area (Å²) in [6.45, 7) is 2.79. The molecule has 1 aliphatic rings. The molecule has 6 heteroatoms. The summed E-state index contributed by atoms with van der Waals surface area (Å²) < 4.78 is 0. The Kier molecular flexibility index (Phi) is 4.79. The molecule has 0 amide bonds. The van der Waals surface area contributed by atoms with E-state index in [-0.39, 0.29) is 12.4 Å². The molecule has 1 aromatic heterocycles. The Morgan fingerprint density at radius 1 is 1.50 bits per heavy atom. The summed E-state index contributed by atoms with van der Waals surface area (Å²) >= 11 is 0. The predicted molar refractivity (Wildman–Crippen MR) is 78.2 cm³/mol. The molecule has 1 fully saturated rings. The summed E-state index contributed by atoms with van der Waals surface area (Å²) in [5, 5.41) is 21.1. The summed E-state index contributed by atoms with van der Waals surface area (Å²) in [7, 11) is 0. The number of aliphatic hydroxyl groups is 1. The van der Waals surface area contributed by atoms with Crippen molar-refractivity contribution in [2.24, 2.45) is 10.9 Å². The molecule has 0 bridgehead atoms. The maximum Gasteiger partial charge on any atom is 0.173 e. The van der Waals surface area contributed by atoms with Crippen LogP contribution in [0.4, 0.5) is 5.82 Å². The molecule has 20 heavy (non-hydrogen) atoms. The van der Waals surface area contributed by atoms with Gasteiger partial charge in [-0.25, -0.2) is 4.98 Å². The molecule has 0 spiro atoms. The van der Waals surface area contributed by atoms with Gasteiger partial charge in [-0.2, -0.15) is 0 Å². The highest BCUT2D eigenvalue weighted by Crippen LogP contribution is 2.30. The fraction of sp³-hybridized carbons (Fsp3) is 0.571. The molecule has 110 valence electrons. The Balaban J connectivity index is 2.37. The second-order valence-corrected chi connectivity index (χ2v) is 5.16. The maximum atomic E-state index is 9.08. The van der Waals surface area contributed by atoms with Crippen molar-refractivity contribution in [3.05, 3.63) is 23.4 Å². The van der Waals surface area contributed by atoms with Crippen LogP contribution in [0, 0.1) is 6.92 Å². The molecule has 0 atom stereocenters. The number of aryl methyl sites for hydroxylation is 1. The first kappa shape index (κ1) is 14.6. The zero-order valence-electron chi connectivity index (χ0n) is 11.8. The standard InChI is InChI=1S/C14H22N4O2/c1-10-6-7-12(13(15)17-20)14(16-10)18(8-3-9-19)11-4-2-5-11/h6-7,11,19-20H,2-5,8-9H2,1H3,(H2,15,17). The molecule has 0 unspecified atom stereocenters. The van der Waals surface area contributed by atoms with E-state index in [0.717, 1.165) is 30.9 Å². The Hall–Kier alpha value is -1.82. The van der Waals surface area contributed by atoms with E-state index >= 15 is 0 Å². The highest BCUT2D eigenvalue weighted by atomic mass is 16.4. The molecule has 4 N–H and O–H groups in total. The van der Waals surface area contributed by atoms with Crippen molar-refractivity contribution in [2.45, 2.75) is 38.6 Å². The third-order valence-corrected chi connectivity index (χ3v) is 3.74. The van der Waals surface area contributed by atoms with Gasteiger partial charge in [0.2, 0.25) is 0 Å². The maximum absolute atomic E-state index is 9.08. The summed E-state index contributed by atoms with van der Waals surface area (Å²) in [6, 6.07) is 4.11. The van der Waals surface area contributed by atoms with Gasteiger partial charge in [0.05, 0.1) is 5.56 Å². The lowest BCUT2D eigenvalue weighted by Gasteiger charge is -2.39. The van der Waals surface area contributed by atoms with Crippen molar-refractivity contribution >= 4 is 11.7 Å². The highest BCUT2D eigenvalue weighted by Gasteiger charge is 2.28. The van der Waals surface area contributed by atoms with Gasteiger partial charge in [0.25, 0.3) is 0 Å². The minimum Gasteiger partial charge on any atom is -0.409 e. The van der Waals surface area contributed by atoms with E-state index in [1.54, 1.807) is 0 Å².